The zero-order valence-corrected chi connectivity index (χ0v) is 13.5. The van der Waals surface area contributed by atoms with Crippen LogP contribution in [0.25, 0.3) is 0 Å². The molecule has 0 aliphatic heterocycles. The van der Waals surface area contributed by atoms with Crippen molar-refractivity contribution in [3.05, 3.63) is 67.0 Å². The third-order valence-electron chi connectivity index (χ3n) is 3.48. The predicted octanol–water partition coefficient (Wildman–Crippen LogP) is 2.13. The van der Waals surface area contributed by atoms with Gasteiger partial charge in [0.05, 0.1) is 6.20 Å². The average molecular weight is 336 g/mol. The van der Waals surface area contributed by atoms with Gasteiger partial charge in [0.25, 0.3) is 5.91 Å². The number of nitrogens with zero attached hydrogens (tertiary/aromatic N) is 4. The number of anilines is 2. The van der Waals surface area contributed by atoms with Crippen LogP contribution in [0.3, 0.4) is 0 Å². The number of carbonyl (C=O) groups excluding carboxylic acids is 2. The molecule has 0 saturated heterocycles. The summed E-state index contributed by atoms with van der Waals surface area (Å²) >= 11 is 0. The van der Waals surface area contributed by atoms with Crippen LogP contribution in [0, 0.1) is 0 Å². The van der Waals surface area contributed by atoms with Gasteiger partial charge in [-0.3, -0.25) is 19.3 Å². The number of benzene rings is 1. The topological polar surface area (TPSA) is 102 Å². The standard InChI is InChI=1S/C17H16N6O2/c1-12(23-9-3-6-20-23)16(24)21-13-4-2-5-14(10-13)22-17(25)15-11-18-7-8-19-15/h2-12H,1H3,(H,21,24)(H,22,25). The maximum atomic E-state index is 12.3. The highest BCUT2D eigenvalue weighted by Crippen LogP contribution is 2.17. The van der Waals surface area contributed by atoms with Gasteiger partial charge in [0.1, 0.15) is 11.7 Å². The Bertz CT molecular complexity index is 864. The van der Waals surface area contributed by atoms with Gasteiger partial charge in [-0.15, -0.1) is 0 Å². The normalized spacial score (nSPS) is 11.6. The Morgan fingerprint density at radius 3 is 2.56 bits per heavy atom. The highest BCUT2D eigenvalue weighted by molar-refractivity contribution is 6.03. The quantitative estimate of drug-likeness (QED) is 0.743. The lowest BCUT2D eigenvalue weighted by atomic mass is 10.2. The van der Waals surface area contributed by atoms with Crippen molar-refractivity contribution in [2.45, 2.75) is 13.0 Å². The van der Waals surface area contributed by atoms with Gasteiger partial charge in [0.2, 0.25) is 5.91 Å². The molecule has 2 amide bonds. The molecule has 3 rings (SSSR count). The molecule has 8 heteroatoms. The monoisotopic (exact) mass is 336 g/mol. The lowest BCUT2D eigenvalue weighted by molar-refractivity contribution is -0.119. The van der Waals surface area contributed by atoms with E-state index in [0.29, 0.717) is 11.4 Å². The number of rotatable bonds is 5. The first kappa shape index (κ1) is 16.3. The molecule has 0 aliphatic rings. The molecule has 0 saturated carbocycles. The summed E-state index contributed by atoms with van der Waals surface area (Å²) in [5.74, 6) is -0.581. The number of aromatic nitrogens is 4. The first-order chi connectivity index (χ1) is 12.1. The molecule has 2 heterocycles. The molecule has 0 fully saturated rings. The van der Waals surface area contributed by atoms with E-state index in [1.165, 1.54) is 18.6 Å². The van der Waals surface area contributed by atoms with Gasteiger partial charge >= 0.3 is 0 Å². The Morgan fingerprint density at radius 2 is 1.88 bits per heavy atom. The molecule has 0 radical (unpaired) electrons. The number of hydrogen-bond acceptors (Lipinski definition) is 5. The third kappa shape index (κ3) is 4.05. The Kier molecular flexibility index (Phi) is 4.79. The maximum absolute atomic E-state index is 12.3. The van der Waals surface area contributed by atoms with Gasteiger partial charge in [-0.1, -0.05) is 6.07 Å². The molecule has 2 N–H and O–H groups in total. The second kappa shape index (κ2) is 7.35. The van der Waals surface area contributed by atoms with Crippen LogP contribution >= 0.6 is 0 Å². The minimum absolute atomic E-state index is 0.207. The largest absolute Gasteiger partial charge is 0.324 e. The molecule has 3 aromatic rings. The van der Waals surface area contributed by atoms with E-state index in [-0.39, 0.29) is 17.5 Å². The van der Waals surface area contributed by atoms with E-state index in [9.17, 15) is 9.59 Å². The van der Waals surface area contributed by atoms with Gasteiger partial charge in [-0.2, -0.15) is 5.10 Å². The molecular formula is C17H16N6O2. The Labute approximate surface area is 143 Å². The fourth-order valence-corrected chi connectivity index (χ4v) is 2.16. The van der Waals surface area contributed by atoms with Crippen LogP contribution in [0.5, 0.6) is 0 Å². The first-order valence-electron chi connectivity index (χ1n) is 7.61. The van der Waals surface area contributed by atoms with Crippen molar-refractivity contribution < 1.29 is 9.59 Å². The average Bonchev–Trinajstić information content (AvgIpc) is 3.16. The summed E-state index contributed by atoms with van der Waals surface area (Å²) in [4.78, 5) is 32.2. The van der Waals surface area contributed by atoms with Crippen LogP contribution in [0.15, 0.2) is 61.3 Å². The van der Waals surface area contributed by atoms with Crippen LogP contribution in [0.2, 0.25) is 0 Å². The number of amides is 2. The lowest BCUT2D eigenvalue weighted by Crippen LogP contribution is -2.24. The number of hydrogen-bond donors (Lipinski definition) is 2. The van der Waals surface area contributed by atoms with Crippen LogP contribution in [0.1, 0.15) is 23.5 Å². The Balaban J connectivity index is 1.67. The fraction of sp³-hybridized carbons (Fsp3) is 0.118. The molecule has 0 spiro atoms. The van der Waals surface area contributed by atoms with E-state index in [1.807, 2.05) is 0 Å². The summed E-state index contributed by atoms with van der Waals surface area (Å²) in [6.07, 6.45) is 7.66. The smallest absolute Gasteiger partial charge is 0.275 e. The van der Waals surface area contributed by atoms with E-state index in [0.717, 1.165) is 0 Å². The van der Waals surface area contributed by atoms with E-state index in [2.05, 4.69) is 25.7 Å². The van der Waals surface area contributed by atoms with Gasteiger partial charge < -0.3 is 10.6 Å². The van der Waals surface area contributed by atoms with E-state index in [1.54, 1.807) is 54.3 Å². The van der Waals surface area contributed by atoms with Crippen molar-refractivity contribution in [1.29, 1.82) is 0 Å². The number of carbonyl (C=O) groups is 2. The van der Waals surface area contributed by atoms with Crippen LogP contribution < -0.4 is 10.6 Å². The van der Waals surface area contributed by atoms with Crippen molar-refractivity contribution in [3.63, 3.8) is 0 Å². The third-order valence-corrected chi connectivity index (χ3v) is 3.48. The summed E-state index contributed by atoms with van der Waals surface area (Å²) in [7, 11) is 0. The molecule has 0 aliphatic carbocycles. The lowest BCUT2D eigenvalue weighted by Gasteiger charge is -2.13. The number of nitrogens with one attached hydrogen (secondary N) is 2. The molecule has 1 atom stereocenters. The molecule has 1 unspecified atom stereocenters. The molecule has 2 aromatic heterocycles. The molecule has 126 valence electrons. The summed E-state index contributed by atoms with van der Waals surface area (Å²) in [5, 5.41) is 9.58. The highest BCUT2D eigenvalue weighted by atomic mass is 16.2. The van der Waals surface area contributed by atoms with Crippen LogP contribution in [-0.2, 0) is 4.79 Å². The van der Waals surface area contributed by atoms with Crippen molar-refractivity contribution >= 4 is 23.2 Å². The molecule has 1 aromatic carbocycles. The van der Waals surface area contributed by atoms with Crippen molar-refractivity contribution in [1.82, 2.24) is 19.7 Å². The Hall–Kier alpha value is -3.55. The van der Waals surface area contributed by atoms with Crippen LogP contribution in [0.4, 0.5) is 11.4 Å². The van der Waals surface area contributed by atoms with E-state index < -0.39 is 6.04 Å². The van der Waals surface area contributed by atoms with Gasteiger partial charge in [0.15, 0.2) is 0 Å². The van der Waals surface area contributed by atoms with Gasteiger partial charge in [-0.05, 0) is 31.2 Å². The molecule has 25 heavy (non-hydrogen) atoms. The minimum Gasteiger partial charge on any atom is -0.324 e. The second-order valence-corrected chi connectivity index (χ2v) is 5.28. The second-order valence-electron chi connectivity index (χ2n) is 5.28. The van der Waals surface area contributed by atoms with Crippen LogP contribution in [-0.4, -0.2) is 31.6 Å². The van der Waals surface area contributed by atoms with Crippen molar-refractivity contribution in [3.8, 4) is 0 Å². The molecular weight excluding hydrogens is 320 g/mol. The van der Waals surface area contributed by atoms with Gasteiger partial charge in [-0.25, -0.2) is 4.98 Å². The maximum Gasteiger partial charge on any atom is 0.275 e. The molecule has 0 bridgehead atoms. The SMILES string of the molecule is CC(C(=O)Nc1cccc(NC(=O)c2cnccn2)c1)n1cccn1. The summed E-state index contributed by atoms with van der Waals surface area (Å²) in [6.45, 7) is 1.75. The zero-order valence-electron chi connectivity index (χ0n) is 13.5. The van der Waals surface area contributed by atoms with Gasteiger partial charge in [0, 0.05) is 36.2 Å². The van der Waals surface area contributed by atoms with E-state index in [4.69, 9.17) is 0 Å². The summed E-state index contributed by atoms with van der Waals surface area (Å²) in [6, 6.07) is 8.18. The summed E-state index contributed by atoms with van der Waals surface area (Å²) < 4.78 is 1.56. The molecule has 8 nitrogen and oxygen atoms in total. The van der Waals surface area contributed by atoms with Crippen molar-refractivity contribution in [2.75, 3.05) is 10.6 Å². The predicted molar refractivity (Wildman–Crippen MR) is 92.0 cm³/mol. The minimum atomic E-state index is -0.451. The highest BCUT2D eigenvalue weighted by Gasteiger charge is 2.15. The summed E-state index contributed by atoms with van der Waals surface area (Å²) in [5.41, 5.74) is 1.32. The zero-order chi connectivity index (χ0) is 17.6. The Morgan fingerprint density at radius 1 is 1.08 bits per heavy atom. The van der Waals surface area contributed by atoms with E-state index >= 15 is 0 Å². The fourth-order valence-electron chi connectivity index (χ4n) is 2.16. The van der Waals surface area contributed by atoms with Crippen molar-refractivity contribution in [2.24, 2.45) is 0 Å². The first-order valence-corrected chi connectivity index (χ1v) is 7.61.